The maximum atomic E-state index is 9.12. The van der Waals surface area contributed by atoms with E-state index in [0.29, 0.717) is 0 Å². The summed E-state index contributed by atoms with van der Waals surface area (Å²) in [6, 6.07) is 0. The minimum Gasteiger partial charge on any atom is -0.822 e. The minimum absolute atomic E-state index is 0. The molecule has 0 saturated heterocycles. The van der Waals surface area contributed by atoms with Gasteiger partial charge in [0.2, 0.25) is 0 Å². The van der Waals surface area contributed by atoms with Gasteiger partial charge in [-0.15, -0.1) is 0 Å². The Balaban J connectivity index is -0.0000000183. The van der Waals surface area contributed by atoms with Crippen LogP contribution in [-0.4, -0.2) is 0 Å². The van der Waals surface area contributed by atoms with Gasteiger partial charge in [-0.25, -0.2) is 0 Å². The van der Waals surface area contributed by atoms with Crippen molar-refractivity contribution >= 4 is 7.82 Å². The van der Waals surface area contributed by atoms with Gasteiger partial charge in [0.1, 0.15) is 0 Å². The molecule has 0 aromatic rings. The van der Waals surface area contributed by atoms with Crippen molar-refractivity contribution in [3.63, 3.8) is 0 Å². The summed E-state index contributed by atoms with van der Waals surface area (Å²) in [5.41, 5.74) is 0. The molecule has 0 unspecified atom stereocenters. The van der Waals surface area contributed by atoms with Gasteiger partial charge < -0.3 is 19.2 Å². The third-order valence-corrected chi connectivity index (χ3v) is 0. The van der Waals surface area contributed by atoms with Gasteiger partial charge in [0, 0.05) is 23.7 Å². The Bertz CT molecular complexity index is 78.3. The molecule has 0 atom stereocenters. The molecule has 0 heterocycles. The monoisotopic (exact) mass is 246 g/mol. The van der Waals surface area contributed by atoms with E-state index in [1.165, 1.54) is 5.15 Å². The molecule has 11 heavy (non-hydrogen) atoms. The summed E-state index contributed by atoms with van der Waals surface area (Å²) in [6.07, 6.45) is 0. The Labute approximate surface area is 117 Å². The van der Waals surface area contributed by atoms with E-state index < -0.39 is 7.82 Å². The van der Waals surface area contributed by atoms with Gasteiger partial charge in [-0.05, 0) is 9.05 Å². The summed E-state index contributed by atoms with van der Waals surface area (Å²) in [5.74, 6) is 0. The summed E-state index contributed by atoms with van der Waals surface area (Å²) in [4.78, 5) is 25.6. The van der Waals surface area contributed by atoms with Crippen LogP contribution in [0.5, 0.6) is 0 Å². The molecule has 0 saturated carbocycles. The Morgan fingerprint density at radius 1 is 1.09 bits per heavy atom. The van der Waals surface area contributed by atoms with Crippen molar-refractivity contribution in [1.82, 2.24) is 0 Å². The van der Waals surface area contributed by atoms with E-state index >= 15 is 0 Å². The van der Waals surface area contributed by atoms with Crippen molar-refractivity contribution < 1.29 is 111 Å². The molecule has 0 rings (SSSR count). The molecule has 57 valence electrons. The smallest absolute Gasteiger partial charge is 0.822 e. The molecule has 1 radical (unpaired) electrons. The molecular formula is F2Na2O5PV-. The summed E-state index contributed by atoms with van der Waals surface area (Å²) < 4.78 is 26.8. The van der Waals surface area contributed by atoms with Crippen LogP contribution in [-0.2, 0) is 28.3 Å². The van der Waals surface area contributed by atoms with E-state index in [1.807, 2.05) is 0 Å². The number of halogens is 2. The van der Waals surface area contributed by atoms with Crippen molar-refractivity contribution in [3.05, 3.63) is 0 Å². The van der Waals surface area contributed by atoms with Gasteiger partial charge in [0.25, 0.3) is 0 Å². The first-order chi connectivity index (χ1) is 3.41. The molecule has 0 N–H and O–H groups in total. The van der Waals surface area contributed by atoms with Gasteiger partial charge in [-0.3, -0.25) is 0 Å². The van der Waals surface area contributed by atoms with Crippen molar-refractivity contribution in [2.75, 3.05) is 0 Å². The zero-order valence-corrected chi connectivity index (χ0v) is 12.0. The normalized spacial score (nSPS) is 7.00. The predicted octanol–water partition coefficient (Wildman–Crippen LogP) is -8.05. The first-order valence-corrected chi connectivity index (χ1v) is 2.50. The van der Waals surface area contributed by atoms with E-state index in [4.69, 9.17) is 28.3 Å². The Hall–Kier alpha value is 2.51. The van der Waals surface area contributed by atoms with Crippen molar-refractivity contribution in [2.45, 2.75) is 0 Å². The zero-order chi connectivity index (χ0) is 7.21. The van der Waals surface area contributed by atoms with Gasteiger partial charge in [0.15, 0.2) is 0 Å². The topological polar surface area (TPSA) is 95.5 Å². The van der Waals surface area contributed by atoms with Crippen LogP contribution in [0.4, 0.5) is 9.05 Å². The number of rotatable bonds is 0. The fourth-order valence-electron chi connectivity index (χ4n) is 0. The summed E-state index contributed by atoms with van der Waals surface area (Å²) in [6.45, 7) is 0. The Morgan fingerprint density at radius 2 is 1.09 bits per heavy atom. The first kappa shape index (κ1) is 29.2. The van der Waals surface area contributed by atoms with E-state index in [1.54, 1.807) is 0 Å². The van der Waals surface area contributed by atoms with Crippen molar-refractivity contribution in [3.8, 4) is 0 Å². The van der Waals surface area contributed by atoms with Crippen LogP contribution in [0.3, 0.4) is 0 Å². The number of hydrogen-bond acceptors (Lipinski definition) is 5. The average Bonchev–Trinajstić information content (AvgIpc) is 1.27. The molecule has 0 aliphatic rings. The van der Waals surface area contributed by atoms with E-state index in [-0.39, 0.29) is 77.7 Å². The van der Waals surface area contributed by atoms with Crippen LogP contribution >= 0.6 is 7.82 Å². The SMILES string of the molecule is FOF.O=P([O-])([O-])[O-].[Na+].[Na+].[V]. The van der Waals surface area contributed by atoms with E-state index in [9.17, 15) is 0 Å². The molecule has 0 bridgehead atoms. The largest absolute Gasteiger partial charge is 1.00 e. The van der Waals surface area contributed by atoms with Crippen LogP contribution in [0.25, 0.3) is 0 Å². The second-order valence-electron chi connectivity index (χ2n) is 0.506. The molecule has 5 nitrogen and oxygen atoms in total. The molecule has 0 spiro atoms. The van der Waals surface area contributed by atoms with Crippen molar-refractivity contribution in [1.29, 1.82) is 0 Å². The van der Waals surface area contributed by atoms with Crippen molar-refractivity contribution in [2.24, 2.45) is 0 Å². The number of hydrogen-bond donors (Lipinski definition) is 0. The van der Waals surface area contributed by atoms with Crippen LogP contribution in [0.2, 0.25) is 0 Å². The molecule has 0 aliphatic carbocycles. The second-order valence-corrected chi connectivity index (χ2v) is 1.40. The van der Waals surface area contributed by atoms with Gasteiger partial charge in [-0.1, -0.05) is 0 Å². The molecule has 0 amide bonds. The third kappa shape index (κ3) is 219. The Morgan fingerprint density at radius 3 is 1.09 bits per heavy atom. The second kappa shape index (κ2) is 18.3. The number of phosphoric acid groups is 1. The minimum atomic E-state index is -5.39. The maximum absolute atomic E-state index is 9.12. The van der Waals surface area contributed by atoms with Crippen LogP contribution in [0.15, 0.2) is 0 Å². The molecular weight excluding hydrogens is 246 g/mol. The molecule has 0 aromatic carbocycles. The van der Waals surface area contributed by atoms with Crippen LogP contribution in [0.1, 0.15) is 0 Å². The molecule has 11 heteroatoms. The summed E-state index contributed by atoms with van der Waals surface area (Å²) >= 11 is 0. The Kier molecular flexibility index (Phi) is 48.6. The van der Waals surface area contributed by atoms with E-state index in [2.05, 4.69) is 0 Å². The molecule has 0 aliphatic heterocycles. The third-order valence-electron chi connectivity index (χ3n) is 0. The fourth-order valence-corrected chi connectivity index (χ4v) is 0. The maximum Gasteiger partial charge on any atom is 1.00 e. The standard InChI is InChI=1S/F2O.2Na.H3O4P.V/c1-3-2;;;1-5(2,3)4;/h;;;(H3,1,2,3,4);/q;2*+1;;/p-3. The quantitative estimate of drug-likeness (QED) is 0.312. The van der Waals surface area contributed by atoms with E-state index in [0.717, 1.165) is 0 Å². The van der Waals surface area contributed by atoms with Crippen LogP contribution in [0, 0.1) is 0 Å². The summed E-state index contributed by atoms with van der Waals surface area (Å²) in [7, 11) is -5.39. The predicted molar refractivity (Wildman–Crippen MR) is 10.9 cm³/mol. The van der Waals surface area contributed by atoms with Gasteiger partial charge in [0.05, 0.1) is 0 Å². The summed E-state index contributed by atoms with van der Waals surface area (Å²) in [5, 5.41) is 1.25. The van der Waals surface area contributed by atoms with Gasteiger partial charge >= 0.3 is 59.1 Å². The fraction of sp³-hybridized carbons (Fsp3) is 0. The molecule has 0 fully saturated rings. The molecule has 0 aromatic heterocycles. The first-order valence-electron chi connectivity index (χ1n) is 1.04. The zero-order valence-electron chi connectivity index (χ0n) is 5.69. The van der Waals surface area contributed by atoms with Gasteiger partial charge in [-0.2, -0.15) is 7.82 Å². The average molecular weight is 246 g/mol. The van der Waals surface area contributed by atoms with Crippen LogP contribution < -0.4 is 73.8 Å².